The maximum atomic E-state index is 12.6. The molecule has 0 aliphatic rings. The summed E-state index contributed by atoms with van der Waals surface area (Å²) in [5, 5.41) is 11.4. The van der Waals surface area contributed by atoms with Crippen LogP contribution in [0.3, 0.4) is 0 Å². The Hall–Kier alpha value is -3.39. The molecule has 1 N–H and O–H groups in total. The van der Waals surface area contributed by atoms with Crippen LogP contribution in [0.4, 0.5) is 5.69 Å². The first-order chi connectivity index (χ1) is 14.5. The van der Waals surface area contributed by atoms with Crippen molar-refractivity contribution in [2.45, 2.75) is 25.9 Å². The summed E-state index contributed by atoms with van der Waals surface area (Å²) < 4.78 is 7.25. The molecular weight excluding hydrogens is 398 g/mol. The summed E-state index contributed by atoms with van der Waals surface area (Å²) in [6, 6.07) is 11.8. The molecule has 2 heterocycles. The van der Waals surface area contributed by atoms with E-state index in [4.69, 9.17) is 4.42 Å². The van der Waals surface area contributed by atoms with Gasteiger partial charge in [0.1, 0.15) is 0 Å². The molecule has 152 valence electrons. The number of hydrogen-bond donors (Lipinski definition) is 1. The molecule has 0 spiro atoms. The van der Waals surface area contributed by atoms with Gasteiger partial charge in [-0.3, -0.25) is 9.36 Å². The minimum Gasteiger partial charge on any atom is -0.423 e. The highest BCUT2D eigenvalue weighted by Crippen LogP contribution is 2.26. The molecule has 1 amide bonds. The fraction of sp³-hybridized carbons (Fsp3) is 0.182. The van der Waals surface area contributed by atoms with Gasteiger partial charge in [0.25, 0.3) is 0 Å². The molecular formula is C22H21N5O2S. The molecule has 0 aliphatic carbocycles. The summed E-state index contributed by atoms with van der Waals surface area (Å²) in [6.45, 7) is 6.11. The topological polar surface area (TPSA) is 85.8 Å². The Morgan fingerprint density at radius 3 is 2.83 bits per heavy atom. The van der Waals surface area contributed by atoms with Crippen LogP contribution in [0.1, 0.15) is 16.7 Å². The second-order valence-electron chi connectivity index (χ2n) is 6.91. The zero-order valence-corrected chi connectivity index (χ0v) is 17.7. The Balaban J connectivity index is 1.46. The van der Waals surface area contributed by atoms with Gasteiger partial charge in [-0.25, -0.2) is 4.98 Å². The second-order valence-corrected chi connectivity index (χ2v) is 7.85. The van der Waals surface area contributed by atoms with Crippen molar-refractivity contribution in [2.24, 2.45) is 0 Å². The highest BCUT2D eigenvalue weighted by molar-refractivity contribution is 7.99. The molecule has 7 nitrogen and oxygen atoms in total. The third-order valence-corrected chi connectivity index (χ3v) is 5.86. The number of rotatable bonds is 6. The fourth-order valence-electron chi connectivity index (χ4n) is 3.08. The molecule has 0 atom stereocenters. The van der Waals surface area contributed by atoms with Crippen LogP contribution in [0.2, 0.25) is 0 Å². The number of amides is 1. The van der Waals surface area contributed by atoms with Crippen LogP contribution in [0, 0.1) is 20.8 Å². The van der Waals surface area contributed by atoms with Gasteiger partial charge < -0.3 is 9.73 Å². The minimum atomic E-state index is -0.110. The number of nitrogens with zero attached hydrogens (tertiary/aromatic N) is 4. The average molecular weight is 420 g/mol. The van der Waals surface area contributed by atoms with Crippen molar-refractivity contribution in [3.05, 3.63) is 71.9 Å². The molecule has 0 saturated carbocycles. The molecule has 0 bridgehead atoms. The Morgan fingerprint density at radius 1 is 1.17 bits per heavy atom. The maximum absolute atomic E-state index is 12.6. The van der Waals surface area contributed by atoms with Gasteiger partial charge in [-0.05, 0) is 55.7 Å². The molecule has 8 heteroatoms. The molecule has 0 fully saturated rings. The van der Waals surface area contributed by atoms with Gasteiger partial charge >= 0.3 is 0 Å². The highest BCUT2D eigenvalue weighted by Gasteiger charge is 2.13. The third-order valence-electron chi connectivity index (χ3n) is 4.89. The van der Waals surface area contributed by atoms with E-state index in [1.54, 1.807) is 6.20 Å². The molecule has 0 saturated heterocycles. The van der Waals surface area contributed by atoms with Crippen molar-refractivity contribution in [2.75, 3.05) is 11.1 Å². The zero-order valence-electron chi connectivity index (χ0n) is 16.9. The molecule has 2 aromatic carbocycles. The summed E-state index contributed by atoms with van der Waals surface area (Å²) in [5.74, 6) is 0.545. The predicted molar refractivity (Wildman–Crippen MR) is 117 cm³/mol. The van der Waals surface area contributed by atoms with Crippen molar-refractivity contribution in [1.29, 1.82) is 0 Å². The van der Waals surface area contributed by atoms with Crippen molar-refractivity contribution in [3.63, 3.8) is 0 Å². The Bertz CT molecular complexity index is 1180. The summed E-state index contributed by atoms with van der Waals surface area (Å²) >= 11 is 1.40. The molecule has 2 aromatic heterocycles. The number of aryl methyl sites for hydroxylation is 2. The van der Waals surface area contributed by atoms with Crippen molar-refractivity contribution >= 4 is 23.4 Å². The molecule has 30 heavy (non-hydrogen) atoms. The smallest absolute Gasteiger partial charge is 0.247 e. The largest absolute Gasteiger partial charge is 0.423 e. The Kier molecular flexibility index (Phi) is 5.67. The zero-order chi connectivity index (χ0) is 21.1. The minimum absolute atomic E-state index is 0.110. The van der Waals surface area contributed by atoms with E-state index in [9.17, 15) is 4.79 Å². The number of carbonyl (C=O) groups excluding carboxylic acids is 1. The van der Waals surface area contributed by atoms with Gasteiger partial charge in [-0.15, -0.1) is 10.2 Å². The summed E-state index contributed by atoms with van der Waals surface area (Å²) in [7, 11) is 0. The SMILES string of the molecule is Cc1ccc(-c2nnco2)cc1NC(=O)CSc1nccn1-c1cccc(C)c1C. The van der Waals surface area contributed by atoms with E-state index >= 15 is 0 Å². The number of carbonyl (C=O) groups is 1. The molecule has 0 unspecified atom stereocenters. The van der Waals surface area contributed by atoms with Gasteiger partial charge in [0.2, 0.25) is 18.2 Å². The van der Waals surface area contributed by atoms with E-state index in [1.807, 2.05) is 42.0 Å². The highest BCUT2D eigenvalue weighted by atomic mass is 32.2. The van der Waals surface area contributed by atoms with Gasteiger partial charge in [0.15, 0.2) is 5.16 Å². The summed E-state index contributed by atoms with van der Waals surface area (Å²) in [6.07, 6.45) is 4.95. The number of imidazole rings is 1. The summed E-state index contributed by atoms with van der Waals surface area (Å²) in [5.41, 5.74) is 5.90. The normalized spacial score (nSPS) is 10.9. The quantitative estimate of drug-likeness (QED) is 0.461. The molecule has 4 aromatic rings. The van der Waals surface area contributed by atoms with E-state index in [1.165, 1.54) is 29.3 Å². The van der Waals surface area contributed by atoms with Crippen molar-refractivity contribution < 1.29 is 9.21 Å². The van der Waals surface area contributed by atoms with Crippen molar-refractivity contribution in [3.8, 4) is 17.1 Å². The van der Waals surface area contributed by atoms with Crippen LogP contribution in [0.15, 0.2) is 64.8 Å². The van der Waals surface area contributed by atoms with E-state index in [0.29, 0.717) is 11.6 Å². The number of nitrogens with one attached hydrogen (secondary N) is 1. The standard InChI is InChI=1S/C22H21N5O2S/c1-14-5-4-6-19(16(14)3)27-10-9-23-22(27)30-12-20(28)25-18-11-17(8-7-15(18)2)21-26-24-13-29-21/h4-11,13H,12H2,1-3H3,(H,25,28). The number of aromatic nitrogens is 4. The van der Waals surface area contributed by atoms with Gasteiger partial charge in [0.05, 0.1) is 11.4 Å². The monoisotopic (exact) mass is 419 g/mol. The lowest BCUT2D eigenvalue weighted by Crippen LogP contribution is -2.15. The van der Waals surface area contributed by atoms with Crippen LogP contribution >= 0.6 is 11.8 Å². The number of anilines is 1. The first kappa shape index (κ1) is 19.9. The lowest BCUT2D eigenvalue weighted by molar-refractivity contribution is -0.113. The average Bonchev–Trinajstić information content (AvgIpc) is 3.42. The number of thioether (sulfide) groups is 1. The number of benzene rings is 2. The van der Waals surface area contributed by atoms with E-state index < -0.39 is 0 Å². The molecule has 0 radical (unpaired) electrons. The molecule has 0 aliphatic heterocycles. The van der Waals surface area contributed by atoms with Gasteiger partial charge in [0, 0.05) is 23.6 Å². The van der Waals surface area contributed by atoms with Crippen LogP contribution in [-0.4, -0.2) is 31.4 Å². The lowest BCUT2D eigenvalue weighted by atomic mass is 10.1. The van der Waals surface area contributed by atoms with Crippen molar-refractivity contribution in [1.82, 2.24) is 19.7 Å². The van der Waals surface area contributed by atoms with Crippen LogP contribution in [0.5, 0.6) is 0 Å². The van der Waals surface area contributed by atoms with Crippen LogP contribution in [0.25, 0.3) is 17.1 Å². The number of hydrogen-bond acceptors (Lipinski definition) is 6. The lowest BCUT2D eigenvalue weighted by Gasteiger charge is -2.13. The maximum Gasteiger partial charge on any atom is 0.247 e. The first-order valence-corrected chi connectivity index (χ1v) is 10.4. The van der Waals surface area contributed by atoms with E-state index in [0.717, 1.165) is 22.0 Å². The van der Waals surface area contributed by atoms with E-state index in [2.05, 4.69) is 46.5 Å². The Labute approximate surface area is 178 Å². The summed E-state index contributed by atoms with van der Waals surface area (Å²) in [4.78, 5) is 17.0. The van der Waals surface area contributed by atoms with Gasteiger partial charge in [-0.1, -0.05) is 30.0 Å². The van der Waals surface area contributed by atoms with E-state index in [-0.39, 0.29) is 11.7 Å². The van der Waals surface area contributed by atoms with Crippen LogP contribution in [-0.2, 0) is 4.79 Å². The second kappa shape index (κ2) is 8.54. The Morgan fingerprint density at radius 2 is 2.03 bits per heavy atom. The first-order valence-electron chi connectivity index (χ1n) is 9.42. The predicted octanol–water partition coefficient (Wildman–Crippen LogP) is 4.58. The van der Waals surface area contributed by atoms with Gasteiger partial charge in [-0.2, -0.15) is 0 Å². The molecule has 4 rings (SSSR count). The van der Waals surface area contributed by atoms with Crippen LogP contribution < -0.4 is 5.32 Å². The third kappa shape index (κ3) is 4.13. The fourth-order valence-corrected chi connectivity index (χ4v) is 3.85.